The Bertz CT molecular complexity index is 1160. The molecule has 170 valence electrons. The Kier molecular flexibility index (Phi) is 6.47. The summed E-state index contributed by atoms with van der Waals surface area (Å²) in [5.41, 5.74) is 2.28. The monoisotopic (exact) mass is 453 g/mol. The van der Waals surface area contributed by atoms with Crippen LogP contribution >= 0.6 is 0 Å². The molecular weight excluding hydrogens is 431 g/mol. The van der Waals surface area contributed by atoms with Gasteiger partial charge in [-0.2, -0.15) is 18.4 Å². The third kappa shape index (κ3) is 5.41. The number of imidazole rings is 1. The number of carbonyl (C=O) groups is 1. The lowest BCUT2D eigenvalue weighted by Gasteiger charge is -2.18. The molecule has 1 N–H and O–H groups in total. The van der Waals surface area contributed by atoms with Gasteiger partial charge in [-0.3, -0.25) is 4.79 Å². The molecule has 1 saturated heterocycles. The van der Waals surface area contributed by atoms with Crippen molar-refractivity contribution in [3.05, 3.63) is 89.0 Å². The van der Waals surface area contributed by atoms with Gasteiger partial charge in [-0.15, -0.1) is 0 Å². The van der Waals surface area contributed by atoms with Crippen molar-refractivity contribution in [2.24, 2.45) is 0 Å². The van der Waals surface area contributed by atoms with E-state index in [4.69, 9.17) is 5.26 Å². The molecule has 1 aliphatic heterocycles. The molecule has 2 heterocycles. The highest BCUT2D eigenvalue weighted by Gasteiger charge is 2.33. The van der Waals surface area contributed by atoms with Crippen molar-refractivity contribution in [2.75, 3.05) is 6.54 Å². The van der Waals surface area contributed by atoms with Crippen LogP contribution in [0.25, 0.3) is 0 Å². The molecule has 1 aromatic heterocycles. The van der Waals surface area contributed by atoms with E-state index < -0.39 is 17.8 Å². The average Bonchev–Trinajstić information content (AvgIpc) is 3.38. The molecule has 2 aromatic carbocycles. The molecule has 0 saturated carbocycles. The second-order valence-electron chi connectivity index (χ2n) is 8.00. The van der Waals surface area contributed by atoms with Gasteiger partial charge < -0.3 is 14.8 Å². The van der Waals surface area contributed by atoms with E-state index in [2.05, 4.69) is 16.4 Å². The van der Waals surface area contributed by atoms with Crippen LogP contribution in [0.2, 0.25) is 0 Å². The van der Waals surface area contributed by atoms with E-state index in [9.17, 15) is 18.0 Å². The molecule has 33 heavy (non-hydrogen) atoms. The Labute approximate surface area is 189 Å². The summed E-state index contributed by atoms with van der Waals surface area (Å²) in [6.45, 7) is 1.65. The molecule has 6 nitrogen and oxygen atoms in total. The predicted octanol–water partition coefficient (Wildman–Crippen LogP) is 3.71. The SMILES string of the molecule is N#Cc1ccc(Cn2cncc2CNC2CCN(Cc3cccc(C(F)(F)F)c3)C2=O)cc1. The van der Waals surface area contributed by atoms with Gasteiger partial charge in [-0.25, -0.2) is 4.98 Å². The standard InChI is InChI=1S/C24H22F3N5O/c25-24(26,27)20-3-1-2-19(10-20)15-31-9-8-22(23(31)33)30-13-21-12-29-16-32(21)14-18-6-4-17(11-28)5-7-18/h1-7,10,12,16,22,30H,8-9,13-15H2. The van der Waals surface area contributed by atoms with Crippen molar-refractivity contribution < 1.29 is 18.0 Å². The van der Waals surface area contributed by atoms with Gasteiger partial charge in [0.1, 0.15) is 0 Å². The summed E-state index contributed by atoms with van der Waals surface area (Å²) in [7, 11) is 0. The van der Waals surface area contributed by atoms with E-state index in [1.807, 2.05) is 16.7 Å². The molecule has 1 unspecified atom stereocenters. The van der Waals surface area contributed by atoms with Gasteiger partial charge in [0, 0.05) is 32.4 Å². The second-order valence-corrected chi connectivity index (χ2v) is 8.00. The number of benzene rings is 2. The number of nitrogens with zero attached hydrogens (tertiary/aromatic N) is 4. The first-order chi connectivity index (χ1) is 15.8. The van der Waals surface area contributed by atoms with E-state index >= 15 is 0 Å². The number of hydrogen-bond acceptors (Lipinski definition) is 4. The summed E-state index contributed by atoms with van der Waals surface area (Å²) in [5, 5.41) is 12.2. The number of nitrogens with one attached hydrogen (secondary N) is 1. The summed E-state index contributed by atoms with van der Waals surface area (Å²) >= 11 is 0. The van der Waals surface area contributed by atoms with Gasteiger partial charge in [0.05, 0.1) is 35.3 Å². The smallest absolute Gasteiger partial charge is 0.337 e. The highest BCUT2D eigenvalue weighted by atomic mass is 19.4. The van der Waals surface area contributed by atoms with Crippen LogP contribution in [0, 0.1) is 11.3 Å². The van der Waals surface area contributed by atoms with E-state index in [0.29, 0.717) is 37.2 Å². The molecule has 1 aliphatic rings. The maximum atomic E-state index is 12.9. The fourth-order valence-electron chi connectivity index (χ4n) is 3.90. The van der Waals surface area contributed by atoms with Gasteiger partial charge in [-0.05, 0) is 41.8 Å². The minimum atomic E-state index is -4.41. The zero-order chi connectivity index (χ0) is 23.4. The molecule has 0 spiro atoms. The molecule has 1 fully saturated rings. The van der Waals surface area contributed by atoms with E-state index in [-0.39, 0.29) is 12.5 Å². The van der Waals surface area contributed by atoms with Gasteiger partial charge in [0.25, 0.3) is 0 Å². The van der Waals surface area contributed by atoms with E-state index in [0.717, 1.165) is 23.4 Å². The van der Waals surface area contributed by atoms with Crippen molar-refractivity contribution in [1.29, 1.82) is 5.26 Å². The fourth-order valence-corrected chi connectivity index (χ4v) is 3.90. The Morgan fingerprint density at radius 3 is 2.64 bits per heavy atom. The Morgan fingerprint density at radius 2 is 1.91 bits per heavy atom. The van der Waals surface area contributed by atoms with Crippen molar-refractivity contribution in [1.82, 2.24) is 19.8 Å². The molecular formula is C24H22F3N5O. The van der Waals surface area contributed by atoms with E-state index in [1.54, 1.807) is 35.6 Å². The number of aromatic nitrogens is 2. The van der Waals surface area contributed by atoms with Crippen LogP contribution in [0.1, 0.15) is 34.4 Å². The highest BCUT2D eigenvalue weighted by Crippen LogP contribution is 2.30. The molecule has 0 radical (unpaired) electrons. The van der Waals surface area contributed by atoms with Gasteiger partial charge in [-0.1, -0.05) is 24.3 Å². The first-order valence-electron chi connectivity index (χ1n) is 10.5. The Morgan fingerprint density at radius 1 is 1.12 bits per heavy atom. The maximum Gasteiger partial charge on any atom is 0.416 e. The summed E-state index contributed by atoms with van der Waals surface area (Å²) in [5.74, 6) is -0.120. The van der Waals surface area contributed by atoms with E-state index in [1.165, 1.54) is 6.07 Å². The number of amides is 1. The van der Waals surface area contributed by atoms with Crippen LogP contribution in [-0.4, -0.2) is 32.9 Å². The van der Waals surface area contributed by atoms with Crippen molar-refractivity contribution in [2.45, 2.75) is 38.3 Å². The van der Waals surface area contributed by atoms with Gasteiger partial charge >= 0.3 is 6.18 Å². The minimum Gasteiger partial charge on any atom is -0.337 e. The predicted molar refractivity (Wildman–Crippen MR) is 115 cm³/mol. The van der Waals surface area contributed by atoms with Gasteiger partial charge in [0.15, 0.2) is 0 Å². The molecule has 0 bridgehead atoms. The van der Waals surface area contributed by atoms with Crippen LogP contribution < -0.4 is 5.32 Å². The quantitative estimate of drug-likeness (QED) is 0.592. The van der Waals surface area contributed by atoms with Crippen LogP contribution in [0.4, 0.5) is 13.2 Å². The zero-order valence-corrected chi connectivity index (χ0v) is 17.7. The topological polar surface area (TPSA) is 74.0 Å². The van der Waals surface area contributed by atoms with Crippen molar-refractivity contribution >= 4 is 5.91 Å². The number of nitriles is 1. The first-order valence-corrected chi connectivity index (χ1v) is 10.5. The number of carbonyl (C=O) groups excluding carboxylic acids is 1. The number of halogens is 3. The molecule has 4 rings (SSSR count). The largest absolute Gasteiger partial charge is 0.416 e. The molecule has 1 atom stereocenters. The van der Waals surface area contributed by atoms with Gasteiger partial charge in [0.2, 0.25) is 5.91 Å². The Hall–Kier alpha value is -3.64. The van der Waals surface area contributed by atoms with Crippen LogP contribution in [0.3, 0.4) is 0 Å². The number of likely N-dealkylation sites (tertiary alicyclic amines) is 1. The lowest BCUT2D eigenvalue weighted by atomic mass is 10.1. The maximum absolute atomic E-state index is 12.9. The summed E-state index contributed by atoms with van der Waals surface area (Å²) in [6, 6.07) is 14.1. The summed E-state index contributed by atoms with van der Waals surface area (Å²) in [6.07, 6.45) is -0.376. The molecule has 0 aliphatic carbocycles. The molecule has 9 heteroatoms. The summed E-state index contributed by atoms with van der Waals surface area (Å²) < 4.78 is 40.8. The average molecular weight is 453 g/mol. The van der Waals surface area contributed by atoms with Crippen LogP contribution in [0.5, 0.6) is 0 Å². The second kappa shape index (κ2) is 9.46. The normalized spacial score (nSPS) is 16.2. The number of hydrogen-bond donors (Lipinski definition) is 1. The molecule has 1 amide bonds. The van der Waals surface area contributed by atoms with Crippen molar-refractivity contribution in [3.63, 3.8) is 0 Å². The first kappa shape index (κ1) is 22.6. The highest BCUT2D eigenvalue weighted by molar-refractivity contribution is 5.83. The zero-order valence-electron chi connectivity index (χ0n) is 17.7. The Balaban J connectivity index is 1.34. The third-order valence-electron chi connectivity index (χ3n) is 5.69. The van der Waals surface area contributed by atoms with Crippen molar-refractivity contribution in [3.8, 4) is 6.07 Å². The number of alkyl halides is 3. The third-order valence-corrected chi connectivity index (χ3v) is 5.69. The van der Waals surface area contributed by atoms with Crippen LogP contribution in [-0.2, 0) is 30.6 Å². The molecule has 3 aromatic rings. The number of rotatable bonds is 7. The lowest BCUT2D eigenvalue weighted by Crippen LogP contribution is -2.38. The minimum absolute atomic E-state index is 0.120. The van der Waals surface area contributed by atoms with Crippen LogP contribution in [0.15, 0.2) is 61.1 Å². The summed E-state index contributed by atoms with van der Waals surface area (Å²) in [4.78, 5) is 18.6. The fraction of sp³-hybridized carbons (Fsp3) is 0.292. The lowest BCUT2D eigenvalue weighted by molar-refractivity contribution is -0.137.